The van der Waals surface area contributed by atoms with E-state index in [0.29, 0.717) is 5.89 Å². The van der Waals surface area contributed by atoms with Crippen molar-refractivity contribution < 1.29 is 4.52 Å². The first-order valence-electron chi connectivity index (χ1n) is 4.97. The van der Waals surface area contributed by atoms with Gasteiger partial charge in [-0.15, -0.1) is 0 Å². The van der Waals surface area contributed by atoms with E-state index in [1.165, 1.54) is 5.56 Å². The Balaban J connectivity index is 2.43. The van der Waals surface area contributed by atoms with Gasteiger partial charge in [-0.2, -0.15) is 4.98 Å². The van der Waals surface area contributed by atoms with Crippen molar-refractivity contribution in [3.8, 4) is 0 Å². The van der Waals surface area contributed by atoms with Gasteiger partial charge in [-0.05, 0) is 19.4 Å². The normalized spacial score (nSPS) is 11.7. The summed E-state index contributed by atoms with van der Waals surface area (Å²) in [5.74, 6) is 1.33. The first kappa shape index (κ1) is 9.90. The van der Waals surface area contributed by atoms with Crippen molar-refractivity contribution in [2.75, 3.05) is 0 Å². The molecule has 0 saturated heterocycles. The Kier molecular flexibility index (Phi) is 2.31. The molecular formula is C12H14N2O. The zero-order valence-electron chi connectivity index (χ0n) is 9.19. The third-order valence-electron chi connectivity index (χ3n) is 2.58. The largest absolute Gasteiger partial charge is 0.340 e. The van der Waals surface area contributed by atoms with Crippen LogP contribution in [0.15, 0.2) is 34.9 Å². The fourth-order valence-corrected chi connectivity index (χ4v) is 1.54. The highest BCUT2D eigenvalue weighted by Crippen LogP contribution is 2.28. The van der Waals surface area contributed by atoms with E-state index < -0.39 is 0 Å². The quantitative estimate of drug-likeness (QED) is 0.751. The van der Waals surface area contributed by atoms with Crippen molar-refractivity contribution in [2.24, 2.45) is 0 Å². The van der Waals surface area contributed by atoms with Crippen LogP contribution in [-0.4, -0.2) is 10.1 Å². The molecule has 78 valence electrons. The van der Waals surface area contributed by atoms with E-state index in [1.807, 2.05) is 18.2 Å². The molecule has 0 amide bonds. The smallest absolute Gasteiger partial charge is 0.223 e. The summed E-state index contributed by atoms with van der Waals surface area (Å²) in [7, 11) is 0. The van der Waals surface area contributed by atoms with Crippen LogP contribution >= 0.6 is 0 Å². The molecule has 0 bridgehead atoms. The van der Waals surface area contributed by atoms with Crippen molar-refractivity contribution in [2.45, 2.75) is 26.2 Å². The zero-order chi connectivity index (χ0) is 10.9. The molecule has 3 nitrogen and oxygen atoms in total. The third kappa shape index (κ3) is 1.77. The van der Waals surface area contributed by atoms with Crippen molar-refractivity contribution in [1.82, 2.24) is 10.1 Å². The summed E-state index contributed by atoms with van der Waals surface area (Å²) in [6.45, 7) is 5.98. The van der Waals surface area contributed by atoms with E-state index in [2.05, 4.69) is 36.1 Å². The molecule has 0 atom stereocenters. The molecule has 0 aliphatic heterocycles. The van der Waals surface area contributed by atoms with E-state index in [-0.39, 0.29) is 5.41 Å². The maximum Gasteiger partial charge on any atom is 0.223 e. The zero-order valence-corrected chi connectivity index (χ0v) is 9.19. The van der Waals surface area contributed by atoms with E-state index in [1.54, 1.807) is 6.92 Å². The van der Waals surface area contributed by atoms with E-state index in [0.717, 1.165) is 5.82 Å². The molecule has 0 aliphatic carbocycles. The van der Waals surface area contributed by atoms with Crippen LogP contribution in [0.25, 0.3) is 0 Å². The summed E-state index contributed by atoms with van der Waals surface area (Å²) < 4.78 is 5.01. The van der Waals surface area contributed by atoms with Crippen LogP contribution in [0.5, 0.6) is 0 Å². The molecule has 3 heteroatoms. The predicted octanol–water partition coefficient (Wildman–Crippen LogP) is 2.70. The second-order valence-corrected chi connectivity index (χ2v) is 4.13. The Morgan fingerprint density at radius 3 is 2.33 bits per heavy atom. The lowest BCUT2D eigenvalue weighted by molar-refractivity contribution is 0.378. The number of benzene rings is 1. The number of hydrogen-bond acceptors (Lipinski definition) is 3. The van der Waals surface area contributed by atoms with Crippen molar-refractivity contribution in [3.63, 3.8) is 0 Å². The lowest BCUT2D eigenvalue weighted by Crippen LogP contribution is -2.20. The van der Waals surface area contributed by atoms with Gasteiger partial charge < -0.3 is 4.52 Å². The van der Waals surface area contributed by atoms with Crippen LogP contribution in [0.3, 0.4) is 0 Å². The van der Waals surface area contributed by atoms with Gasteiger partial charge in [0, 0.05) is 6.92 Å². The highest BCUT2D eigenvalue weighted by Gasteiger charge is 2.27. The highest BCUT2D eigenvalue weighted by molar-refractivity contribution is 5.29. The molecular weight excluding hydrogens is 188 g/mol. The molecule has 0 aliphatic rings. The maximum absolute atomic E-state index is 5.01. The molecule has 0 saturated carbocycles. The molecule has 15 heavy (non-hydrogen) atoms. The minimum Gasteiger partial charge on any atom is -0.340 e. The molecule has 1 heterocycles. The summed E-state index contributed by atoms with van der Waals surface area (Å²) in [4.78, 5) is 4.28. The van der Waals surface area contributed by atoms with E-state index in [4.69, 9.17) is 4.52 Å². The van der Waals surface area contributed by atoms with Gasteiger partial charge in [0.05, 0.1) is 5.41 Å². The number of rotatable bonds is 2. The second-order valence-electron chi connectivity index (χ2n) is 4.13. The number of aryl methyl sites for hydroxylation is 1. The van der Waals surface area contributed by atoms with Gasteiger partial charge in [0.2, 0.25) is 5.89 Å². The van der Waals surface area contributed by atoms with Gasteiger partial charge in [0.15, 0.2) is 5.82 Å². The monoisotopic (exact) mass is 202 g/mol. The highest BCUT2D eigenvalue weighted by atomic mass is 16.5. The molecule has 0 spiro atoms. The Morgan fingerprint density at radius 2 is 1.80 bits per heavy atom. The molecule has 0 N–H and O–H groups in total. The standard InChI is InChI=1S/C12H14N2O/c1-9-13-11(14-15-9)12(2,3)10-7-5-4-6-8-10/h4-8H,1-3H3. The molecule has 2 rings (SSSR count). The SMILES string of the molecule is Cc1nc(C(C)(C)c2ccccc2)no1. The van der Waals surface area contributed by atoms with Crippen LogP contribution in [0.4, 0.5) is 0 Å². The van der Waals surface area contributed by atoms with Crippen LogP contribution < -0.4 is 0 Å². The minimum absolute atomic E-state index is 0.209. The molecule has 1 aromatic carbocycles. The maximum atomic E-state index is 5.01. The van der Waals surface area contributed by atoms with E-state index in [9.17, 15) is 0 Å². The second kappa shape index (κ2) is 3.50. The molecule has 2 aromatic rings. The number of aromatic nitrogens is 2. The fraction of sp³-hybridized carbons (Fsp3) is 0.333. The summed E-state index contributed by atoms with van der Waals surface area (Å²) in [6, 6.07) is 10.2. The van der Waals surface area contributed by atoms with Gasteiger partial charge >= 0.3 is 0 Å². The number of nitrogens with zero attached hydrogens (tertiary/aromatic N) is 2. The van der Waals surface area contributed by atoms with Gasteiger partial charge in [0.25, 0.3) is 0 Å². The lowest BCUT2D eigenvalue weighted by atomic mass is 9.84. The Labute approximate surface area is 89.1 Å². The Hall–Kier alpha value is -1.64. The first-order chi connectivity index (χ1) is 7.10. The predicted molar refractivity (Wildman–Crippen MR) is 57.6 cm³/mol. The van der Waals surface area contributed by atoms with Gasteiger partial charge in [-0.1, -0.05) is 35.5 Å². The van der Waals surface area contributed by atoms with Crippen LogP contribution in [0, 0.1) is 6.92 Å². The average Bonchev–Trinajstić information content (AvgIpc) is 2.67. The minimum atomic E-state index is -0.209. The lowest BCUT2D eigenvalue weighted by Gasteiger charge is -2.20. The third-order valence-corrected chi connectivity index (χ3v) is 2.58. The molecule has 1 aromatic heterocycles. The van der Waals surface area contributed by atoms with Crippen LogP contribution in [0.1, 0.15) is 31.1 Å². The molecule has 0 fully saturated rings. The van der Waals surface area contributed by atoms with Crippen molar-refractivity contribution in [1.29, 1.82) is 0 Å². The van der Waals surface area contributed by atoms with Crippen molar-refractivity contribution >= 4 is 0 Å². The van der Waals surface area contributed by atoms with E-state index >= 15 is 0 Å². The fourth-order valence-electron chi connectivity index (χ4n) is 1.54. The van der Waals surface area contributed by atoms with Gasteiger partial charge in [0.1, 0.15) is 0 Å². The summed E-state index contributed by atoms with van der Waals surface area (Å²) in [6.07, 6.45) is 0. The molecule has 0 unspecified atom stereocenters. The Bertz CT molecular complexity index is 446. The average molecular weight is 202 g/mol. The molecule has 0 radical (unpaired) electrons. The summed E-state index contributed by atoms with van der Waals surface area (Å²) in [5.41, 5.74) is 0.977. The van der Waals surface area contributed by atoms with Crippen LogP contribution in [-0.2, 0) is 5.41 Å². The van der Waals surface area contributed by atoms with Gasteiger partial charge in [-0.3, -0.25) is 0 Å². The Morgan fingerprint density at radius 1 is 1.13 bits per heavy atom. The topological polar surface area (TPSA) is 38.9 Å². The first-order valence-corrected chi connectivity index (χ1v) is 4.97. The summed E-state index contributed by atoms with van der Waals surface area (Å²) in [5, 5.41) is 3.98. The van der Waals surface area contributed by atoms with Gasteiger partial charge in [-0.25, -0.2) is 0 Å². The number of hydrogen-bond donors (Lipinski definition) is 0. The summed E-state index contributed by atoms with van der Waals surface area (Å²) >= 11 is 0. The van der Waals surface area contributed by atoms with Crippen LogP contribution in [0.2, 0.25) is 0 Å². The van der Waals surface area contributed by atoms with Crippen molar-refractivity contribution in [3.05, 3.63) is 47.6 Å².